The second-order valence-electron chi connectivity index (χ2n) is 3.36. The average molecular weight is 310 g/mol. The summed E-state index contributed by atoms with van der Waals surface area (Å²) in [6.45, 7) is 0. The number of nitrogens with one attached hydrogen (secondary N) is 1. The first-order valence-electron chi connectivity index (χ1n) is 5.15. The van der Waals surface area contributed by atoms with Crippen LogP contribution in [-0.2, 0) is 5.75 Å². The largest absolute Gasteiger partial charge is 0.388 e. The van der Waals surface area contributed by atoms with Crippen LogP contribution in [0.15, 0.2) is 46.2 Å². The highest BCUT2D eigenvalue weighted by Crippen LogP contribution is 2.27. The molecule has 3 nitrogen and oxygen atoms in total. The van der Waals surface area contributed by atoms with Gasteiger partial charge in [-0.05, 0) is 40.2 Å². The van der Waals surface area contributed by atoms with E-state index in [4.69, 9.17) is 0 Å². The van der Waals surface area contributed by atoms with Gasteiger partial charge in [0.15, 0.2) is 0 Å². The molecule has 2 aromatic rings. The molecule has 2 rings (SSSR count). The van der Waals surface area contributed by atoms with E-state index in [0.717, 1.165) is 26.6 Å². The van der Waals surface area contributed by atoms with Crippen molar-refractivity contribution < 1.29 is 0 Å². The highest BCUT2D eigenvalue weighted by molar-refractivity contribution is 9.10. The van der Waals surface area contributed by atoms with Gasteiger partial charge in [0.05, 0.1) is 5.69 Å². The standard InChI is InChI=1S/C12H12BrN3S/c1-14-9-4-6-15-10(7-9)8-17-12-11(13)3-2-5-16-12/h2-7H,8H2,1H3,(H,14,15). The molecule has 0 saturated heterocycles. The maximum Gasteiger partial charge on any atom is 0.111 e. The maximum absolute atomic E-state index is 4.33. The molecule has 5 heteroatoms. The van der Waals surface area contributed by atoms with Gasteiger partial charge in [0.1, 0.15) is 5.03 Å². The monoisotopic (exact) mass is 309 g/mol. The van der Waals surface area contributed by atoms with Crippen molar-refractivity contribution in [3.63, 3.8) is 0 Å². The van der Waals surface area contributed by atoms with Gasteiger partial charge >= 0.3 is 0 Å². The SMILES string of the molecule is CNc1ccnc(CSc2ncccc2Br)c1. The van der Waals surface area contributed by atoms with Crippen molar-refractivity contribution in [1.82, 2.24) is 9.97 Å². The molecule has 0 atom stereocenters. The molecule has 0 aliphatic carbocycles. The first-order valence-corrected chi connectivity index (χ1v) is 6.93. The minimum atomic E-state index is 0.811. The number of anilines is 1. The van der Waals surface area contributed by atoms with E-state index in [1.54, 1.807) is 18.0 Å². The minimum absolute atomic E-state index is 0.811. The Kier molecular flexibility index (Phi) is 4.39. The minimum Gasteiger partial charge on any atom is -0.388 e. The maximum atomic E-state index is 4.33. The van der Waals surface area contributed by atoms with E-state index in [0.29, 0.717) is 0 Å². The Morgan fingerprint density at radius 2 is 2.18 bits per heavy atom. The van der Waals surface area contributed by atoms with Crippen molar-refractivity contribution in [1.29, 1.82) is 0 Å². The molecule has 0 fully saturated rings. The summed E-state index contributed by atoms with van der Waals surface area (Å²) in [5, 5.41) is 4.09. The van der Waals surface area contributed by atoms with Crippen molar-refractivity contribution in [2.75, 3.05) is 12.4 Å². The third kappa shape index (κ3) is 3.44. The average Bonchev–Trinajstić information content (AvgIpc) is 2.38. The molecule has 0 bridgehead atoms. The molecule has 88 valence electrons. The van der Waals surface area contributed by atoms with Gasteiger partial charge in [0.25, 0.3) is 0 Å². The fourth-order valence-electron chi connectivity index (χ4n) is 1.33. The molecule has 0 aliphatic heterocycles. The van der Waals surface area contributed by atoms with Crippen LogP contribution in [0.4, 0.5) is 5.69 Å². The van der Waals surface area contributed by atoms with Crippen molar-refractivity contribution in [3.8, 4) is 0 Å². The van der Waals surface area contributed by atoms with Crippen LogP contribution in [0, 0.1) is 0 Å². The van der Waals surface area contributed by atoms with E-state index in [9.17, 15) is 0 Å². The van der Waals surface area contributed by atoms with Gasteiger partial charge in [-0.2, -0.15) is 0 Å². The zero-order valence-corrected chi connectivity index (χ0v) is 11.8. The summed E-state index contributed by atoms with van der Waals surface area (Å²) < 4.78 is 1.02. The van der Waals surface area contributed by atoms with Gasteiger partial charge < -0.3 is 5.32 Å². The van der Waals surface area contributed by atoms with Gasteiger partial charge in [-0.1, -0.05) is 11.8 Å². The zero-order chi connectivity index (χ0) is 12.1. The zero-order valence-electron chi connectivity index (χ0n) is 9.35. The molecule has 0 unspecified atom stereocenters. The number of aromatic nitrogens is 2. The molecule has 1 N–H and O–H groups in total. The van der Waals surface area contributed by atoms with E-state index in [1.807, 2.05) is 37.5 Å². The molecule has 17 heavy (non-hydrogen) atoms. The van der Waals surface area contributed by atoms with Crippen LogP contribution in [-0.4, -0.2) is 17.0 Å². The van der Waals surface area contributed by atoms with E-state index in [-0.39, 0.29) is 0 Å². The summed E-state index contributed by atoms with van der Waals surface area (Å²) in [6, 6.07) is 7.90. The fourth-order valence-corrected chi connectivity index (χ4v) is 2.71. The topological polar surface area (TPSA) is 37.8 Å². The van der Waals surface area contributed by atoms with E-state index < -0.39 is 0 Å². The Bertz CT molecular complexity index is 505. The van der Waals surface area contributed by atoms with Crippen LogP contribution < -0.4 is 5.32 Å². The lowest BCUT2D eigenvalue weighted by Crippen LogP contribution is -1.92. The molecule has 0 spiro atoms. The van der Waals surface area contributed by atoms with Crippen LogP contribution in [0.1, 0.15) is 5.69 Å². The van der Waals surface area contributed by atoms with Crippen LogP contribution in [0.5, 0.6) is 0 Å². The van der Waals surface area contributed by atoms with Crippen molar-refractivity contribution >= 4 is 33.4 Å². The Hall–Kier alpha value is -1.07. The van der Waals surface area contributed by atoms with Crippen molar-refractivity contribution in [2.45, 2.75) is 10.8 Å². The molecule has 0 amide bonds. The first-order chi connectivity index (χ1) is 8.29. The Labute approximate surface area is 113 Å². The summed E-state index contributed by atoms with van der Waals surface area (Å²) in [7, 11) is 1.90. The van der Waals surface area contributed by atoms with Gasteiger partial charge in [-0.15, -0.1) is 0 Å². The second-order valence-corrected chi connectivity index (χ2v) is 5.18. The summed E-state index contributed by atoms with van der Waals surface area (Å²) in [4.78, 5) is 8.64. The number of thioether (sulfide) groups is 1. The number of pyridine rings is 2. The molecular weight excluding hydrogens is 298 g/mol. The number of rotatable bonds is 4. The van der Waals surface area contributed by atoms with Crippen LogP contribution in [0.3, 0.4) is 0 Å². The summed E-state index contributed by atoms with van der Waals surface area (Å²) in [5.41, 5.74) is 2.12. The molecule has 0 aromatic carbocycles. The molecule has 2 aromatic heterocycles. The lowest BCUT2D eigenvalue weighted by atomic mass is 10.3. The molecular formula is C12H12BrN3S. The van der Waals surface area contributed by atoms with Gasteiger partial charge in [0.2, 0.25) is 0 Å². The number of nitrogens with zero attached hydrogens (tertiary/aromatic N) is 2. The number of hydrogen-bond donors (Lipinski definition) is 1. The lowest BCUT2D eigenvalue weighted by Gasteiger charge is -2.04. The van der Waals surface area contributed by atoms with Crippen molar-refractivity contribution in [3.05, 3.63) is 46.8 Å². The third-order valence-corrected chi connectivity index (χ3v) is 4.13. The Balaban J connectivity index is 2.05. The summed E-state index contributed by atoms with van der Waals surface area (Å²) >= 11 is 5.15. The van der Waals surface area contributed by atoms with Crippen LogP contribution in [0.2, 0.25) is 0 Å². The first kappa shape index (κ1) is 12.4. The van der Waals surface area contributed by atoms with Crippen LogP contribution >= 0.6 is 27.7 Å². The summed E-state index contributed by atoms with van der Waals surface area (Å²) in [6.07, 6.45) is 3.61. The molecule has 2 heterocycles. The smallest absolute Gasteiger partial charge is 0.111 e. The molecule has 0 radical (unpaired) electrons. The Morgan fingerprint density at radius 3 is 2.94 bits per heavy atom. The predicted molar refractivity (Wildman–Crippen MR) is 75.3 cm³/mol. The quantitative estimate of drug-likeness (QED) is 0.876. The second kappa shape index (κ2) is 6.02. The van der Waals surface area contributed by atoms with Gasteiger partial charge in [0, 0.05) is 35.4 Å². The normalized spacial score (nSPS) is 10.2. The van der Waals surface area contributed by atoms with Crippen LogP contribution in [0.25, 0.3) is 0 Å². The van der Waals surface area contributed by atoms with E-state index >= 15 is 0 Å². The number of halogens is 1. The van der Waals surface area contributed by atoms with Gasteiger partial charge in [-0.3, -0.25) is 4.98 Å². The highest BCUT2D eigenvalue weighted by Gasteiger charge is 2.03. The molecule has 0 saturated carbocycles. The third-order valence-electron chi connectivity index (χ3n) is 2.19. The summed E-state index contributed by atoms with van der Waals surface area (Å²) in [5.74, 6) is 0.811. The van der Waals surface area contributed by atoms with Gasteiger partial charge in [-0.25, -0.2) is 4.98 Å². The highest BCUT2D eigenvalue weighted by atomic mass is 79.9. The number of hydrogen-bond acceptors (Lipinski definition) is 4. The van der Waals surface area contributed by atoms with E-state index in [1.165, 1.54) is 0 Å². The lowest BCUT2D eigenvalue weighted by molar-refractivity contribution is 1.10. The van der Waals surface area contributed by atoms with Crippen molar-refractivity contribution in [2.24, 2.45) is 0 Å². The fraction of sp³-hybridized carbons (Fsp3) is 0.167. The molecule has 0 aliphatic rings. The Morgan fingerprint density at radius 1 is 1.29 bits per heavy atom. The van der Waals surface area contributed by atoms with E-state index in [2.05, 4.69) is 31.2 Å². The predicted octanol–water partition coefficient (Wildman–Crippen LogP) is 3.57.